The molecule has 3 rings (SSSR count). The van der Waals surface area contributed by atoms with E-state index in [1.807, 2.05) is 6.92 Å². The van der Waals surface area contributed by atoms with Gasteiger partial charge in [-0.25, -0.2) is 4.79 Å². The zero-order chi connectivity index (χ0) is 26.2. The van der Waals surface area contributed by atoms with Crippen LogP contribution < -0.4 is 10.6 Å². The normalized spacial score (nSPS) is 11.7. The van der Waals surface area contributed by atoms with E-state index < -0.39 is 5.97 Å². The molecule has 7 nitrogen and oxygen atoms in total. The van der Waals surface area contributed by atoms with Gasteiger partial charge in [-0.15, -0.1) is 0 Å². The van der Waals surface area contributed by atoms with Crippen LogP contribution in [0.1, 0.15) is 58.5 Å². The highest BCUT2D eigenvalue weighted by Crippen LogP contribution is 2.35. The third-order valence-electron chi connectivity index (χ3n) is 5.68. The maximum Gasteiger partial charge on any atom is 0.333 e. The van der Waals surface area contributed by atoms with Gasteiger partial charge in [0.05, 0.1) is 24.3 Å². The summed E-state index contributed by atoms with van der Waals surface area (Å²) in [4.78, 5) is 38.4. The van der Waals surface area contributed by atoms with Crippen LogP contribution in [0.15, 0.2) is 73.0 Å². The van der Waals surface area contributed by atoms with E-state index in [9.17, 15) is 14.4 Å². The fourth-order valence-corrected chi connectivity index (χ4v) is 3.73. The van der Waals surface area contributed by atoms with Gasteiger partial charge in [0.1, 0.15) is 5.76 Å². The van der Waals surface area contributed by atoms with Crippen LogP contribution >= 0.6 is 0 Å². The molecule has 1 aliphatic carbocycles. The summed E-state index contributed by atoms with van der Waals surface area (Å²) < 4.78 is 10.6. The smallest absolute Gasteiger partial charge is 0.333 e. The van der Waals surface area contributed by atoms with Crippen molar-refractivity contribution in [2.24, 2.45) is 0 Å². The summed E-state index contributed by atoms with van der Waals surface area (Å²) in [5.74, 6) is -0.287. The van der Waals surface area contributed by atoms with Crippen molar-refractivity contribution in [2.75, 3.05) is 36.9 Å². The number of nitrogens with one attached hydrogen (secondary N) is 2. The highest BCUT2D eigenvalue weighted by atomic mass is 16.5. The second kappa shape index (κ2) is 12.0. The molecule has 7 heteroatoms. The predicted octanol–water partition coefficient (Wildman–Crippen LogP) is 5.29. The van der Waals surface area contributed by atoms with Gasteiger partial charge >= 0.3 is 5.97 Å². The van der Waals surface area contributed by atoms with Crippen molar-refractivity contribution in [3.05, 3.63) is 95.3 Å². The van der Waals surface area contributed by atoms with E-state index in [2.05, 4.69) is 30.4 Å². The Labute approximate surface area is 211 Å². The van der Waals surface area contributed by atoms with E-state index in [1.165, 1.54) is 0 Å². The summed E-state index contributed by atoms with van der Waals surface area (Å²) in [7, 11) is 0. The van der Waals surface area contributed by atoms with Crippen molar-refractivity contribution in [3.63, 3.8) is 0 Å². The first-order valence-electron chi connectivity index (χ1n) is 11.9. The van der Waals surface area contributed by atoms with Crippen molar-refractivity contribution < 1.29 is 23.9 Å². The molecule has 0 spiro atoms. The number of fused-ring (bicyclic) bond motifs is 2. The molecule has 0 unspecified atom stereocenters. The van der Waals surface area contributed by atoms with Crippen LogP contribution in [0.3, 0.4) is 0 Å². The predicted molar refractivity (Wildman–Crippen MR) is 142 cm³/mol. The largest absolute Gasteiger partial charge is 0.494 e. The molecule has 0 bridgehead atoms. The first-order valence-corrected chi connectivity index (χ1v) is 11.9. The minimum Gasteiger partial charge on any atom is -0.494 e. The fourth-order valence-electron chi connectivity index (χ4n) is 3.73. The topological polar surface area (TPSA) is 93.7 Å². The lowest BCUT2D eigenvalue weighted by molar-refractivity contribution is -0.138. The Hall–Kier alpha value is -4.13. The van der Waals surface area contributed by atoms with E-state index in [0.29, 0.717) is 77.5 Å². The quantitative estimate of drug-likeness (QED) is 0.111. The number of ketones is 2. The van der Waals surface area contributed by atoms with Crippen LogP contribution in [-0.4, -0.2) is 43.8 Å². The summed E-state index contributed by atoms with van der Waals surface area (Å²) in [6.45, 7) is 16.3. The van der Waals surface area contributed by atoms with Gasteiger partial charge in [0.25, 0.3) is 0 Å². The van der Waals surface area contributed by atoms with E-state index in [0.717, 1.165) is 5.57 Å². The summed E-state index contributed by atoms with van der Waals surface area (Å²) >= 11 is 0. The van der Waals surface area contributed by atoms with Gasteiger partial charge in [0, 0.05) is 41.2 Å². The van der Waals surface area contributed by atoms with E-state index >= 15 is 0 Å². The second-order valence-electron chi connectivity index (χ2n) is 8.64. The van der Waals surface area contributed by atoms with Crippen molar-refractivity contribution in [2.45, 2.75) is 26.7 Å². The Morgan fingerprint density at radius 2 is 1.25 bits per heavy atom. The summed E-state index contributed by atoms with van der Waals surface area (Å²) in [5, 5.41) is 6.49. The van der Waals surface area contributed by atoms with Gasteiger partial charge in [-0.05, 0) is 44.4 Å². The molecular formula is C29H32N2O5. The Morgan fingerprint density at radius 3 is 1.72 bits per heavy atom. The van der Waals surface area contributed by atoms with E-state index in [1.54, 1.807) is 43.3 Å². The number of rotatable bonds is 13. The maximum atomic E-state index is 13.6. The molecule has 0 atom stereocenters. The number of benzene rings is 2. The molecule has 36 heavy (non-hydrogen) atoms. The number of ether oxygens (including phenoxy) is 2. The molecule has 0 radical (unpaired) electrons. The van der Waals surface area contributed by atoms with Crippen LogP contribution in [0.25, 0.3) is 0 Å². The monoisotopic (exact) mass is 488 g/mol. The summed E-state index contributed by atoms with van der Waals surface area (Å²) in [6.07, 6.45) is 1.21. The van der Waals surface area contributed by atoms with E-state index in [-0.39, 0.29) is 18.2 Å². The number of carbonyl (C=O) groups excluding carboxylic acids is 3. The molecule has 1 aliphatic rings. The summed E-state index contributed by atoms with van der Waals surface area (Å²) in [5.41, 5.74) is 3.78. The molecule has 2 aromatic carbocycles. The third kappa shape index (κ3) is 6.10. The highest BCUT2D eigenvalue weighted by Gasteiger charge is 2.33. The van der Waals surface area contributed by atoms with Crippen LogP contribution in [-0.2, 0) is 14.3 Å². The first-order chi connectivity index (χ1) is 17.2. The molecule has 0 fully saturated rings. The van der Waals surface area contributed by atoms with Crippen molar-refractivity contribution in [1.29, 1.82) is 0 Å². The van der Waals surface area contributed by atoms with Gasteiger partial charge in [-0.1, -0.05) is 44.0 Å². The van der Waals surface area contributed by atoms with Gasteiger partial charge in [0.2, 0.25) is 0 Å². The highest BCUT2D eigenvalue weighted by molar-refractivity contribution is 6.31. The molecule has 2 N–H and O–H groups in total. The van der Waals surface area contributed by atoms with Gasteiger partial charge in [-0.3, -0.25) is 9.59 Å². The SMILES string of the molecule is C=C(C)C(=C)OCCCNc1cccc2c1C(=O)c1c(NCCCOC(=O)C(=C)C)cccc1C2=O. The third-order valence-corrected chi connectivity index (χ3v) is 5.68. The number of carbonyl (C=O) groups is 3. The van der Waals surface area contributed by atoms with Crippen LogP contribution in [0.4, 0.5) is 11.4 Å². The lowest BCUT2D eigenvalue weighted by atomic mass is 9.82. The Kier molecular flexibility index (Phi) is 8.84. The van der Waals surface area contributed by atoms with Crippen LogP contribution in [0.2, 0.25) is 0 Å². The first kappa shape index (κ1) is 26.5. The zero-order valence-corrected chi connectivity index (χ0v) is 20.9. The summed E-state index contributed by atoms with van der Waals surface area (Å²) in [6, 6.07) is 10.4. The van der Waals surface area contributed by atoms with Crippen molar-refractivity contribution in [1.82, 2.24) is 0 Å². The standard InChI is InChI=1S/C29H32N2O5/c1-18(2)20(5)35-16-8-14-30-23-12-6-10-21-25(23)28(33)26-22(27(21)32)11-7-13-24(26)31-15-9-17-36-29(34)19(3)4/h6-7,10-13,30-31H,1,3,5,8-9,14-17H2,2,4H3. The van der Waals surface area contributed by atoms with E-state index in [4.69, 9.17) is 9.47 Å². The lowest BCUT2D eigenvalue weighted by Gasteiger charge is -2.23. The number of anilines is 2. The Bertz CT molecular complexity index is 1140. The minimum atomic E-state index is -0.434. The molecule has 0 aliphatic heterocycles. The molecule has 0 aromatic heterocycles. The molecule has 188 valence electrons. The number of esters is 1. The van der Waals surface area contributed by atoms with Gasteiger partial charge in [0.15, 0.2) is 11.6 Å². The number of allylic oxidation sites excluding steroid dienone is 1. The average molecular weight is 489 g/mol. The maximum absolute atomic E-state index is 13.6. The zero-order valence-electron chi connectivity index (χ0n) is 20.9. The molecule has 0 amide bonds. The molecule has 2 aromatic rings. The van der Waals surface area contributed by atoms with Crippen molar-refractivity contribution in [3.8, 4) is 0 Å². The van der Waals surface area contributed by atoms with Crippen molar-refractivity contribution >= 4 is 28.9 Å². The van der Waals surface area contributed by atoms with Gasteiger partial charge < -0.3 is 20.1 Å². The lowest BCUT2D eigenvalue weighted by Crippen LogP contribution is -2.24. The molecule has 0 saturated heterocycles. The molecule has 0 heterocycles. The fraction of sp³-hybridized carbons (Fsp3) is 0.276. The number of hydrogen-bond donors (Lipinski definition) is 2. The van der Waals surface area contributed by atoms with Crippen LogP contribution in [0.5, 0.6) is 0 Å². The van der Waals surface area contributed by atoms with Gasteiger partial charge in [-0.2, -0.15) is 0 Å². The molecular weight excluding hydrogens is 456 g/mol. The Morgan fingerprint density at radius 1 is 0.750 bits per heavy atom. The minimum absolute atomic E-state index is 0.191. The second-order valence-corrected chi connectivity index (χ2v) is 8.64. The van der Waals surface area contributed by atoms with Crippen LogP contribution in [0, 0.1) is 0 Å². The average Bonchev–Trinajstić information content (AvgIpc) is 2.86. The molecule has 0 saturated carbocycles. The number of hydrogen-bond acceptors (Lipinski definition) is 7. The Balaban J connectivity index is 1.70.